The lowest BCUT2D eigenvalue weighted by molar-refractivity contribution is 0.596. The van der Waals surface area contributed by atoms with Gasteiger partial charge in [0.05, 0.1) is 0 Å². The van der Waals surface area contributed by atoms with Crippen LogP contribution in [0, 0.1) is 17.8 Å². The van der Waals surface area contributed by atoms with E-state index in [-0.39, 0.29) is 0 Å². The molecule has 0 radical (unpaired) electrons. The van der Waals surface area contributed by atoms with Crippen LogP contribution in [0.15, 0.2) is 0 Å². The zero-order valence-corrected chi connectivity index (χ0v) is 5.14. The van der Waals surface area contributed by atoms with Crippen molar-refractivity contribution in [1.29, 1.82) is 0 Å². The molecule has 0 heterocycles. The summed E-state index contributed by atoms with van der Waals surface area (Å²) in [6, 6.07) is 0. The molecule has 2 unspecified atom stereocenters. The fourth-order valence-electron chi connectivity index (χ4n) is 2.32. The van der Waals surface area contributed by atoms with E-state index in [4.69, 9.17) is 5.73 Å². The summed E-state index contributed by atoms with van der Waals surface area (Å²) in [5.74, 6) is 3.09. The van der Waals surface area contributed by atoms with Gasteiger partial charge in [-0.1, -0.05) is 6.42 Å². The second-order valence-corrected chi connectivity index (χ2v) is 3.16. The molecule has 0 aliphatic heterocycles. The zero-order valence-electron chi connectivity index (χ0n) is 5.14. The predicted molar refractivity (Wildman–Crippen MR) is 33.4 cm³/mol. The van der Waals surface area contributed by atoms with E-state index in [1.165, 1.54) is 19.3 Å². The van der Waals surface area contributed by atoms with Crippen LogP contribution >= 0.6 is 0 Å². The van der Waals surface area contributed by atoms with Crippen LogP contribution in [-0.2, 0) is 0 Å². The van der Waals surface area contributed by atoms with Crippen molar-refractivity contribution >= 4 is 0 Å². The van der Waals surface area contributed by atoms with Gasteiger partial charge in [-0.15, -0.1) is 0 Å². The smallest absolute Gasteiger partial charge is 0.00434 e. The molecule has 2 aliphatic rings. The molecule has 2 N–H and O–H groups in total. The molecule has 0 aromatic carbocycles. The Morgan fingerprint density at radius 1 is 1.25 bits per heavy atom. The van der Waals surface area contributed by atoms with Crippen LogP contribution in [0.3, 0.4) is 0 Å². The van der Waals surface area contributed by atoms with Crippen molar-refractivity contribution in [3.63, 3.8) is 0 Å². The zero-order chi connectivity index (χ0) is 5.56. The molecular formula is C7H13N. The third-order valence-corrected chi connectivity index (χ3v) is 2.86. The van der Waals surface area contributed by atoms with Crippen LogP contribution in [0.4, 0.5) is 0 Å². The molecule has 2 fully saturated rings. The number of fused-ring (bicyclic) bond motifs is 1. The largest absolute Gasteiger partial charge is 0.330 e. The molecule has 0 aromatic rings. The van der Waals surface area contributed by atoms with E-state index < -0.39 is 0 Å². The lowest BCUT2D eigenvalue weighted by Gasteiger charge is -1.94. The summed E-state index contributed by atoms with van der Waals surface area (Å²) in [6.45, 7) is 0.954. The highest BCUT2D eigenvalue weighted by Crippen LogP contribution is 2.56. The Hall–Kier alpha value is -0.0400. The minimum absolute atomic E-state index is 0.948. The van der Waals surface area contributed by atoms with Gasteiger partial charge in [-0.05, 0) is 37.1 Å². The second-order valence-electron chi connectivity index (χ2n) is 3.16. The molecule has 0 spiro atoms. The molecule has 0 saturated heterocycles. The number of hydrogen-bond donors (Lipinski definition) is 1. The summed E-state index contributed by atoms with van der Waals surface area (Å²) >= 11 is 0. The summed E-state index contributed by atoms with van der Waals surface area (Å²) in [7, 11) is 0. The second kappa shape index (κ2) is 1.47. The Morgan fingerprint density at radius 2 is 1.88 bits per heavy atom. The Balaban J connectivity index is 1.94. The van der Waals surface area contributed by atoms with Gasteiger partial charge in [-0.25, -0.2) is 0 Å². The molecule has 46 valence electrons. The highest BCUT2D eigenvalue weighted by molar-refractivity contribution is 5.01. The van der Waals surface area contributed by atoms with Gasteiger partial charge in [0.15, 0.2) is 0 Å². The van der Waals surface area contributed by atoms with E-state index in [9.17, 15) is 0 Å². The van der Waals surface area contributed by atoms with Crippen molar-refractivity contribution in [1.82, 2.24) is 0 Å². The summed E-state index contributed by atoms with van der Waals surface area (Å²) in [5, 5.41) is 0. The first-order valence-electron chi connectivity index (χ1n) is 3.63. The van der Waals surface area contributed by atoms with E-state index in [0.29, 0.717) is 0 Å². The number of hydrogen-bond acceptors (Lipinski definition) is 1. The van der Waals surface area contributed by atoms with Crippen molar-refractivity contribution in [3.05, 3.63) is 0 Å². The molecule has 2 atom stereocenters. The molecule has 2 rings (SSSR count). The molecule has 0 aromatic heterocycles. The molecule has 2 aliphatic carbocycles. The Labute approximate surface area is 50.3 Å². The highest BCUT2D eigenvalue weighted by atomic mass is 14.7. The van der Waals surface area contributed by atoms with Crippen molar-refractivity contribution in [2.45, 2.75) is 19.3 Å². The summed E-state index contributed by atoms with van der Waals surface area (Å²) < 4.78 is 0. The Morgan fingerprint density at radius 3 is 2.25 bits per heavy atom. The standard InChI is InChI=1S/C7H13N/c8-4-7-5-2-1-3-6(5)7/h5-7H,1-4,8H2. The predicted octanol–water partition coefficient (Wildman–Crippen LogP) is 0.991. The van der Waals surface area contributed by atoms with Gasteiger partial charge in [0.2, 0.25) is 0 Å². The minimum atomic E-state index is 0.948. The normalized spacial score (nSPS) is 51.4. The van der Waals surface area contributed by atoms with E-state index in [0.717, 1.165) is 24.3 Å². The van der Waals surface area contributed by atoms with Gasteiger partial charge < -0.3 is 5.73 Å². The van der Waals surface area contributed by atoms with Crippen molar-refractivity contribution in [2.24, 2.45) is 23.5 Å². The van der Waals surface area contributed by atoms with E-state index in [2.05, 4.69) is 0 Å². The van der Waals surface area contributed by atoms with Gasteiger partial charge in [0, 0.05) is 0 Å². The maximum absolute atomic E-state index is 5.52. The van der Waals surface area contributed by atoms with Crippen LogP contribution in [0.25, 0.3) is 0 Å². The van der Waals surface area contributed by atoms with Crippen LogP contribution in [0.5, 0.6) is 0 Å². The van der Waals surface area contributed by atoms with Gasteiger partial charge in [-0.2, -0.15) is 0 Å². The monoisotopic (exact) mass is 111 g/mol. The maximum Gasteiger partial charge on any atom is -0.00434 e. The lowest BCUT2D eigenvalue weighted by Crippen LogP contribution is -2.04. The fraction of sp³-hybridized carbons (Fsp3) is 1.00. The lowest BCUT2D eigenvalue weighted by atomic mass is 10.1. The maximum atomic E-state index is 5.52. The van der Waals surface area contributed by atoms with Gasteiger partial charge in [0.1, 0.15) is 0 Å². The van der Waals surface area contributed by atoms with Crippen LogP contribution in [-0.4, -0.2) is 6.54 Å². The molecule has 0 bridgehead atoms. The van der Waals surface area contributed by atoms with E-state index in [1.807, 2.05) is 0 Å². The average Bonchev–Trinajstić information content (AvgIpc) is 2.22. The number of rotatable bonds is 1. The summed E-state index contributed by atoms with van der Waals surface area (Å²) in [6.07, 6.45) is 4.44. The highest BCUT2D eigenvalue weighted by Gasteiger charge is 2.51. The Kier molecular flexibility index (Phi) is 0.884. The average molecular weight is 111 g/mol. The quantitative estimate of drug-likeness (QED) is 0.536. The van der Waals surface area contributed by atoms with E-state index in [1.54, 1.807) is 0 Å². The van der Waals surface area contributed by atoms with Gasteiger partial charge >= 0.3 is 0 Å². The third-order valence-electron chi connectivity index (χ3n) is 2.86. The first kappa shape index (κ1) is 4.80. The van der Waals surface area contributed by atoms with E-state index >= 15 is 0 Å². The van der Waals surface area contributed by atoms with Crippen molar-refractivity contribution in [2.75, 3.05) is 6.54 Å². The van der Waals surface area contributed by atoms with Gasteiger partial charge in [0.25, 0.3) is 0 Å². The van der Waals surface area contributed by atoms with Crippen molar-refractivity contribution < 1.29 is 0 Å². The van der Waals surface area contributed by atoms with Crippen LogP contribution in [0.2, 0.25) is 0 Å². The summed E-state index contributed by atoms with van der Waals surface area (Å²) in [5.41, 5.74) is 5.52. The molecule has 8 heavy (non-hydrogen) atoms. The topological polar surface area (TPSA) is 26.0 Å². The summed E-state index contributed by atoms with van der Waals surface area (Å²) in [4.78, 5) is 0. The van der Waals surface area contributed by atoms with Crippen LogP contribution in [0.1, 0.15) is 19.3 Å². The SMILES string of the molecule is NCC1C2CCCC12. The Bertz CT molecular complexity index is 83.8. The third kappa shape index (κ3) is 0.455. The molecule has 1 heteroatoms. The number of nitrogens with two attached hydrogens (primary N) is 1. The fourth-order valence-corrected chi connectivity index (χ4v) is 2.32. The van der Waals surface area contributed by atoms with Crippen LogP contribution < -0.4 is 5.73 Å². The molecular weight excluding hydrogens is 98.1 g/mol. The first-order valence-corrected chi connectivity index (χ1v) is 3.63. The minimum Gasteiger partial charge on any atom is -0.330 e. The molecule has 0 amide bonds. The van der Waals surface area contributed by atoms with Crippen molar-refractivity contribution in [3.8, 4) is 0 Å². The van der Waals surface area contributed by atoms with Gasteiger partial charge in [-0.3, -0.25) is 0 Å². The molecule has 1 nitrogen and oxygen atoms in total. The molecule has 2 saturated carbocycles. The first-order chi connectivity index (χ1) is 3.93.